The second-order valence-corrected chi connectivity index (χ2v) is 11.7. The number of rotatable bonds is 10. The third kappa shape index (κ3) is 6.50. The van der Waals surface area contributed by atoms with Gasteiger partial charge in [0, 0.05) is 15.6 Å². The van der Waals surface area contributed by atoms with E-state index in [1.54, 1.807) is 61.1 Å². The third-order valence-corrected chi connectivity index (χ3v) is 8.38. The number of aromatic nitrogens is 1. The Hall–Kier alpha value is -4.02. The zero-order valence-corrected chi connectivity index (χ0v) is 26.3. The highest BCUT2D eigenvalue weighted by atomic mass is 79.9. The number of nitrogens with zero attached hydrogens (tertiary/aromatic N) is 2. The molecule has 0 spiro atoms. The molecule has 0 bridgehead atoms. The predicted molar refractivity (Wildman–Crippen MR) is 168 cm³/mol. The Morgan fingerprint density at radius 1 is 1.12 bits per heavy atom. The average Bonchev–Trinajstić information content (AvgIpc) is 3.31. The van der Waals surface area contributed by atoms with Crippen LogP contribution in [0, 0.1) is 5.82 Å². The standard InChI is InChI=1S/C33H30BrFN2O5S/c1-4-8-26-29(32(39)41-5-2)30(24-18-22(34)13-16-27(24)40-3)37-31(38)28(43-33(37)36-26)17-20-11-14-23(15-12-20)42-19-21-9-6-7-10-25(21)35/h6-7,9-18,30H,4-5,8,19H2,1-3H3/b28-17+/t30-/m0/s1. The fourth-order valence-electron chi connectivity index (χ4n) is 4.92. The highest BCUT2D eigenvalue weighted by Crippen LogP contribution is 2.38. The van der Waals surface area contributed by atoms with E-state index < -0.39 is 12.0 Å². The van der Waals surface area contributed by atoms with Crippen molar-refractivity contribution in [3.63, 3.8) is 0 Å². The van der Waals surface area contributed by atoms with E-state index in [9.17, 15) is 14.0 Å². The van der Waals surface area contributed by atoms with Crippen molar-refractivity contribution < 1.29 is 23.4 Å². The molecule has 1 atom stereocenters. The minimum Gasteiger partial charge on any atom is -0.496 e. The minimum atomic E-state index is -0.791. The Labute approximate surface area is 260 Å². The maximum absolute atomic E-state index is 14.0. The Morgan fingerprint density at radius 3 is 2.58 bits per heavy atom. The molecule has 43 heavy (non-hydrogen) atoms. The molecule has 0 saturated carbocycles. The van der Waals surface area contributed by atoms with Gasteiger partial charge in [0.15, 0.2) is 4.80 Å². The van der Waals surface area contributed by atoms with Gasteiger partial charge in [-0.25, -0.2) is 14.2 Å². The van der Waals surface area contributed by atoms with Crippen LogP contribution in [0.15, 0.2) is 92.3 Å². The smallest absolute Gasteiger partial charge is 0.338 e. The van der Waals surface area contributed by atoms with Crippen LogP contribution in [-0.4, -0.2) is 24.3 Å². The van der Waals surface area contributed by atoms with E-state index in [0.29, 0.717) is 49.7 Å². The first-order valence-corrected chi connectivity index (χ1v) is 15.5. The van der Waals surface area contributed by atoms with Crippen molar-refractivity contribution in [2.24, 2.45) is 4.99 Å². The molecule has 0 fully saturated rings. The van der Waals surface area contributed by atoms with Crippen molar-refractivity contribution in [1.82, 2.24) is 4.57 Å². The van der Waals surface area contributed by atoms with Crippen LogP contribution in [0.2, 0.25) is 0 Å². The number of hydrogen-bond acceptors (Lipinski definition) is 7. The van der Waals surface area contributed by atoms with Crippen molar-refractivity contribution in [1.29, 1.82) is 0 Å². The summed E-state index contributed by atoms with van der Waals surface area (Å²) in [7, 11) is 1.56. The minimum absolute atomic E-state index is 0.104. The number of hydrogen-bond donors (Lipinski definition) is 0. The van der Waals surface area contributed by atoms with Crippen molar-refractivity contribution in [2.45, 2.75) is 39.3 Å². The van der Waals surface area contributed by atoms with E-state index in [4.69, 9.17) is 19.2 Å². The first kappa shape index (κ1) is 30.4. The molecular weight excluding hydrogens is 635 g/mol. The molecule has 0 amide bonds. The molecule has 1 aliphatic rings. The lowest BCUT2D eigenvalue weighted by Crippen LogP contribution is -2.40. The second kappa shape index (κ2) is 13.5. The monoisotopic (exact) mass is 664 g/mol. The number of carbonyl (C=O) groups is 1. The molecule has 0 radical (unpaired) electrons. The largest absolute Gasteiger partial charge is 0.496 e. The van der Waals surface area contributed by atoms with Crippen LogP contribution in [0.3, 0.4) is 0 Å². The Balaban J connectivity index is 1.58. The highest BCUT2D eigenvalue weighted by Gasteiger charge is 2.36. The van der Waals surface area contributed by atoms with Crippen LogP contribution in [0.4, 0.5) is 4.39 Å². The molecule has 0 aliphatic carbocycles. The van der Waals surface area contributed by atoms with Crippen LogP contribution < -0.4 is 24.4 Å². The van der Waals surface area contributed by atoms with Crippen LogP contribution in [0.25, 0.3) is 6.08 Å². The van der Waals surface area contributed by atoms with Gasteiger partial charge in [0.05, 0.1) is 29.5 Å². The van der Waals surface area contributed by atoms with Crippen molar-refractivity contribution in [3.05, 3.63) is 125 Å². The van der Waals surface area contributed by atoms with Crippen LogP contribution in [-0.2, 0) is 16.1 Å². The van der Waals surface area contributed by atoms with Gasteiger partial charge in [-0.3, -0.25) is 9.36 Å². The number of ether oxygens (including phenoxy) is 3. The summed E-state index contributed by atoms with van der Waals surface area (Å²) in [5, 5.41) is 0. The predicted octanol–water partition coefficient (Wildman–Crippen LogP) is 6.07. The number of fused-ring (bicyclic) bond motifs is 1. The van der Waals surface area contributed by atoms with E-state index in [1.807, 2.05) is 31.2 Å². The maximum Gasteiger partial charge on any atom is 0.338 e. The molecule has 0 unspecified atom stereocenters. The van der Waals surface area contributed by atoms with Gasteiger partial charge >= 0.3 is 5.97 Å². The SMILES string of the molecule is CCCC1=C(C(=O)OCC)[C@H](c2cc(Br)ccc2OC)n2c(s/c(=C/c3ccc(OCc4ccccc4F)cc3)c2=O)=N1. The van der Waals surface area contributed by atoms with E-state index in [0.717, 1.165) is 16.5 Å². The first-order valence-electron chi connectivity index (χ1n) is 13.9. The van der Waals surface area contributed by atoms with Gasteiger partial charge in [-0.1, -0.05) is 70.9 Å². The molecule has 10 heteroatoms. The van der Waals surface area contributed by atoms with Crippen molar-refractivity contribution in [3.8, 4) is 11.5 Å². The number of esters is 1. The van der Waals surface area contributed by atoms with E-state index in [2.05, 4.69) is 15.9 Å². The summed E-state index contributed by atoms with van der Waals surface area (Å²) in [5.41, 5.74) is 2.53. The molecule has 222 valence electrons. The fourth-order valence-corrected chi connectivity index (χ4v) is 6.32. The quantitative estimate of drug-likeness (QED) is 0.192. The van der Waals surface area contributed by atoms with E-state index >= 15 is 0 Å². The van der Waals surface area contributed by atoms with Gasteiger partial charge < -0.3 is 14.2 Å². The number of allylic oxidation sites excluding steroid dienone is 1. The van der Waals surface area contributed by atoms with Gasteiger partial charge in [0.1, 0.15) is 30.0 Å². The molecule has 1 aliphatic heterocycles. The Kier molecular flexibility index (Phi) is 9.57. The average molecular weight is 666 g/mol. The fraction of sp³-hybridized carbons (Fsp3) is 0.242. The number of halogens is 2. The van der Waals surface area contributed by atoms with Gasteiger partial charge in [-0.05, 0) is 61.4 Å². The molecule has 3 aromatic carbocycles. The van der Waals surface area contributed by atoms with E-state index in [1.165, 1.54) is 17.4 Å². The number of methoxy groups -OCH3 is 1. The lowest BCUT2D eigenvalue weighted by Gasteiger charge is -2.27. The van der Waals surface area contributed by atoms with Gasteiger partial charge in [0.2, 0.25) is 0 Å². The molecule has 4 aromatic rings. The molecule has 0 N–H and O–H groups in total. The summed E-state index contributed by atoms with van der Waals surface area (Å²) in [4.78, 5) is 32.7. The van der Waals surface area contributed by atoms with E-state index in [-0.39, 0.29) is 24.6 Å². The van der Waals surface area contributed by atoms with Crippen LogP contribution in [0.5, 0.6) is 11.5 Å². The highest BCUT2D eigenvalue weighted by molar-refractivity contribution is 9.10. The third-order valence-electron chi connectivity index (χ3n) is 6.91. The summed E-state index contributed by atoms with van der Waals surface area (Å²) < 4.78 is 33.6. The summed E-state index contributed by atoms with van der Waals surface area (Å²) in [5.74, 6) is 0.281. The molecule has 0 saturated heterocycles. The Morgan fingerprint density at radius 2 is 1.88 bits per heavy atom. The zero-order valence-electron chi connectivity index (χ0n) is 23.9. The first-order chi connectivity index (χ1) is 20.8. The lowest BCUT2D eigenvalue weighted by molar-refractivity contribution is -0.139. The summed E-state index contributed by atoms with van der Waals surface area (Å²) in [6, 6.07) is 18.4. The van der Waals surface area contributed by atoms with Crippen LogP contribution >= 0.6 is 27.3 Å². The number of carbonyl (C=O) groups excluding carboxylic acids is 1. The lowest BCUT2D eigenvalue weighted by atomic mass is 9.93. The Bertz CT molecular complexity index is 1860. The molecule has 1 aromatic heterocycles. The number of thiazole rings is 1. The maximum atomic E-state index is 14.0. The molecule has 7 nitrogen and oxygen atoms in total. The van der Waals surface area contributed by atoms with Crippen LogP contribution in [0.1, 0.15) is 49.4 Å². The zero-order chi connectivity index (χ0) is 30.5. The summed E-state index contributed by atoms with van der Waals surface area (Å²) in [6.45, 7) is 4.05. The number of benzene rings is 3. The summed E-state index contributed by atoms with van der Waals surface area (Å²) >= 11 is 4.80. The normalized spacial score (nSPS) is 14.7. The molecule has 2 heterocycles. The van der Waals surface area contributed by atoms with Gasteiger partial charge in [-0.2, -0.15) is 0 Å². The second-order valence-electron chi connectivity index (χ2n) is 9.75. The van der Waals surface area contributed by atoms with Gasteiger partial charge in [-0.15, -0.1) is 0 Å². The van der Waals surface area contributed by atoms with Gasteiger partial charge in [0.25, 0.3) is 5.56 Å². The summed E-state index contributed by atoms with van der Waals surface area (Å²) in [6.07, 6.45) is 3.08. The molecule has 5 rings (SSSR count). The molecular formula is C33H30BrFN2O5S. The topological polar surface area (TPSA) is 79.1 Å². The van der Waals surface area contributed by atoms with Crippen molar-refractivity contribution >= 4 is 39.3 Å². The van der Waals surface area contributed by atoms with Crippen molar-refractivity contribution in [2.75, 3.05) is 13.7 Å².